The van der Waals surface area contributed by atoms with Gasteiger partial charge in [0.2, 0.25) is 5.91 Å². The zero-order chi connectivity index (χ0) is 18.8. The maximum Gasteiger partial charge on any atom is 0.240 e. The number of benzene rings is 1. The third-order valence-electron chi connectivity index (χ3n) is 5.16. The van der Waals surface area contributed by atoms with E-state index in [4.69, 9.17) is 4.74 Å². The molecule has 3 aromatic rings. The third-order valence-corrected chi connectivity index (χ3v) is 5.16. The Morgan fingerprint density at radius 2 is 2.22 bits per heavy atom. The van der Waals surface area contributed by atoms with Crippen molar-refractivity contribution in [2.45, 2.75) is 38.0 Å². The van der Waals surface area contributed by atoms with Crippen LogP contribution in [0.15, 0.2) is 48.8 Å². The number of carbonyl (C=O) groups is 1. The highest BCUT2D eigenvalue weighted by atomic mass is 16.5. The van der Waals surface area contributed by atoms with Crippen molar-refractivity contribution < 1.29 is 14.6 Å². The number of carbonyl (C=O) groups excluding carboxylic acids is 1. The quantitative estimate of drug-likeness (QED) is 0.729. The molecule has 140 valence electrons. The van der Waals surface area contributed by atoms with Gasteiger partial charge in [-0.15, -0.1) is 0 Å². The summed E-state index contributed by atoms with van der Waals surface area (Å²) < 4.78 is 7.24. The van der Waals surface area contributed by atoms with Crippen LogP contribution in [0.2, 0.25) is 0 Å². The van der Waals surface area contributed by atoms with Crippen molar-refractivity contribution in [3.63, 3.8) is 0 Å². The Balaban J connectivity index is 1.65. The Labute approximate surface area is 157 Å². The van der Waals surface area contributed by atoms with Gasteiger partial charge < -0.3 is 19.7 Å². The molecule has 2 heterocycles. The second-order valence-electron chi connectivity index (χ2n) is 6.95. The van der Waals surface area contributed by atoms with E-state index in [1.54, 1.807) is 13.3 Å². The summed E-state index contributed by atoms with van der Waals surface area (Å²) in [6, 6.07) is 11.5. The van der Waals surface area contributed by atoms with Crippen LogP contribution in [0.3, 0.4) is 0 Å². The molecular formula is C21H23N3O3. The largest absolute Gasteiger partial charge is 0.497 e. The number of methoxy groups -OCH3 is 1. The summed E-state index contributed by atoms with van der Waals surface area (Å²) >= 11 is 0. The van der Waals surface area contributed by atoms with Gasteiger partial charge in [-0.2, -0.15) is 0 Å². The van der Waals surface area contributed by atoms with Crippen molar-refractivity contribution in [1.82, 2.24) is 14.9 Å². The lowest BCUT2D eigenvalue weighted by atomic mass is 10.1. The minimum atomic E-state index is -0.440. The lowest BCUT2D eigenvalue weighted by molar-refractivity contribution is -0.122. The van der Waals surface area contributed by atoms with E-state index >= 15 is 0 Å². The van der Waals surface area contributed by atoms with Crippen molar-refractivity contribution in [2.75, 3.05) is 7.11 Å². The molecular weight excluding hydrogens is 342 g/mol. The Hall–Kier alpha value is -2.86. The molecule has 2 unspecified atom stereocenters. The predicted octanol–water partition coefficient (Wildman–Crippen LogP) is 2.74. The molecule has 0 aliphatic heterocycles. The normalized spacial score (nSPS) is 19.3. The number of nitrogens with one attached hydrogen (secondary N) is 1. The molecule has 1 amide bonds. The summed E-state index contributed by atoms with van der Waals surface area (Å²) in [5.74, 6) is 0.663. The van der Waals surface area contributed by atoms with Gasteiger partial charge in [-0.05, 0) is 43.5 Å². The number of hydrogen-bond donors (Lipinski definition) is 2. The molecule has 1 aliphatic carbocycles. The van der Waals surface area contributed by atoms with E-state index in [0.717, 1.165) is 47.2 Å². The summed E-state index contributed by atoms with van der Waals surface area (Å²) in [4.78, 5) is 17.1. The smallest absolute Gasteiger partial charge is 0.240 e. The summed E-state index contributed by atoms with van der Waals surface area (Å²) in [6.07, 6.45) is 5.76. The average molecular weight is 365 g/mol. The summed E-state index contributed by atoms with van der Waals surface area (Å²) in [5, 5.41) is 13.9. The molecule has 1 fully saturated rings. The molecule has 6 heteroatoms. The van der Waals surface area contributed by atoms with Crippen LogP contribution >= 0.6 is 0 Å². The van der Waals surface area contributed by atoms with Crippen LogP contribution in [-0.2, 0) is 11.3 Å². The molecule has 6 nitrogen and oxygen atoms in total. The summed E-state index contributed by atoms with van der Waals surface area (Å²) in [6.45, 7) is 0.190. The molecule has 4 rings (SSSR count). The highest BCUT2D eigenvalue weighted by Crippen LogP contribution is 2.29. The predicted molar refractivity (Wildman–Crippen MR) is 104 cm³/mol. The number of fused-ring (bicyclic) bond motifs is 1. The standard InChI is InChI=1S/C21H23N3O3/c1-27-16-5-2-4-15(12-16)20-21-14(8-10-22-20)9-11-24(21)13-19(26)23-17-6-3-7-18(17)25/h2,4-5,8-12,17-18,25H,3,6-7,13H2,1H3,(H,23,26). The van der Waals surface area contributed by atoms with E-state index in [2.05, 4.69) is 10.3 Å². The zero-order valence-electron chi connectivity index (χ0n) is 15.3. The van der Waals surface area contributed by atoms with Crippen molar-refractivity contribution in [1.29, 1.82) is 0 Å². The first-order valence-corrected chi connectivity index (χ1v) is 9.21. The highest BCUT2D eigenvalue weighted by Gasteiger charge is 2.26. The Bertz CT molecular complexity index is 966. The number of hydrogen-bond acceptors (Lipinski definition) is 4. The molecule has 1 aromatic carbocycles. The molecule has 0 saturated heterocycles. The van der Waals surface area contributed by atoms with Crippen LogP contribution in [0.5, 0.6) is 5.75 Å². The Morgan fingerprint density at radius 3 is 3.00 bits per heavy atom. The third kappa shape index (κ3) is 3.53. The summed E-state index contributed by atoms with van der Waals surface area (Å²) in [7, 11) is 1.64. The lowest BCUT2D eigenvalue weighted by Crippen LogP contribution is -2.41. The number of aliphatic hydroxyl groups is 1. The van der Waals surface area contributed by atoms with E-state index in [-0.39, 0.29) is 18.5 Å². The Kier molecular flexibility index (Phi) is 4.81. The van der Waals surface area contributed by atoms with Crippen LogP contribution in [-0.4, -0.2) is 39.8 Å². The van der Waals surface area contributed by atoms with Gasteiger partial charge in [0, 0.05) is 23.3 Å². The zero-order valence-corrected chi connectivity index (χ0v) is 15.3. The van der Waals surface area contributed by atoms with Crippen LogP contribution in [0.25, 0.3) is 22.2 Å². The van der Waals surface area contributed by atoms with E-state index < -0.39 is 6.10 Å². The van der Waals surface area contributed by atoms with Gasteiger partial charge in [0.15, 0.2) is 0 Å². The molecule has 2 N–H and O–H groups in total. The van der Waals surface area contributed by atoms with Crippen molar-refractivity contribution in [3.05, 3.63) is 48.8 Å². The lowest BCUT2D eigenvalue weighted by Gasteiger charge is -2.17. The van der Waals surface area contributed by atoms with Gasteiger partial charge in [-0.1, -0.05) is 12.1 Å². The molecule has 27 heavy (non-hydrogen) atoms. The fourth-order valence-corrected chi connectivity index (χ4v) is 3.78. The van der Waals surface area contributed by atoms with Gasteiger partial charge in [0.25, 0.3) is 0 Å². The minimum Gasteiger partial charge on any atom is -0.497 e. The van der Waals surface area contributed by atoms with Gasteiger partial charge >= 0.3 is 0 Å². The first kappa shape index (κ1) is 17.5. The molecule has 1 saturated carbocycles. The molecule has 0 radical (unpaired) electrons. The van der Waals surface area contributed by atoms with Crippen LogP contribution < -0.4 is 10.1 Å². The number of amides is 1. The number of nitrogens with zero attached hydrogens (tertiary/aromatic N) is 2. The van der Waals surface area contributed by atoms with Crippen LogP contribution in [0.4, 0.5) is 0 Å². The van der Waals surface area contributed by atoms with E-state index in [0.29, 0.717) is 0 Å². The van der Waals surface area contributed by atoms with E-state index in [1.165, 1.54) is 0 Å². The molecule has 1 aliphatic rings. The van der Waals surface area contributed by atoms with Crippen molar-refractivity contribution in [3.8, 4) is 17.0 Å². The minimum absolute atomic E-state index is 0.0982. The maximum atomic E-state index is 12.5. The average Bonchev–Trinajstić information content (AvgIpc) is 3.28. The van der Waals surface area contributed by atoms with E-state index in [9.17, 15) is 9.90 Å². The fraction of sp³-hybridized carbons (Fsp3) is 0.333. The summed E-state index contributed by atoms with van der Waals surface area (Å²) in [5.41, 5.74) is 2.66. The van der Waals surface area contributed by atoms with Crippen molar-refractivity contribution in [2.24, 2.45) is 0 Å². The molecule has 2 aromatic heterocycles. The first-order chi connectivity index (χ1) is 13.2. The van der Waals surface area contributed by atoms with Gasteiger partial charge in [-0.25, -0.2) is 0 Å². The number of aliphatic hydroxyl groups excluding tert-OH is 1. The number of aromatic nitrogens is 2. The highest BCUT2D eigenvalue weighted by molar-refractivity contribution is 5.93. The van der Waals surface area contributed by atoms with E-state index in [1.807, 2.05) is 47.2 Å². The molecule has 0 bridgehead atoms. The molecule has 2 atom stereocenters. The first-order valence-electron chi connectivity index (χ1n) is 9.21. The Morgan fingerprint density at radius 1 is 1.33 bits per heavy atom. The fourth-order valence-electron chi connectivity index (χ4n) is 3.78. The van der Waals surface area contributed by atoms with Crippen LogP contribution in [0, 0.1) is 0 Å². The second kappa shape index (κ2) is 7.40. The second-order valence-corrected chi connectivity index (χ2v) is 6.95. The topological polar surface area (TPSA) is 76.4 Å². The van der Waals surface area contributed by atoms with Gasteiger partial charge in [0.05, 0.1) is 30.5 Å². The maximum absolute atomic E-state index is 12.5. The van der Waals surface area contributed by atoms with Gasteiger partial charge in [-0.3, -0.25) is 9.78 Å². The molecule has 0 spiro atoms. The SMILES string of the molecule is COc1cccc(-c2nccc3ccn(CC(=O)NC4CCCC4O)c23)c1. The van der Waals surface area contributed by atoms with Crippen molar-refractivity contribution >= 4 is 16.8 Å². The number of ether oxygens (including phenoxy) is 1. The van der Waals surface area contributed by atoms with Gasteiger partial charge in [0.1, 0.15) is 12.3 Å². The number of rotatable bonds is 5. The number of pyridine rings is 1. The van der Waals surface area contributed by atoms with Crippen LogP contribution in [0.1, 0.15) is 19.3 Å². The monoisotopic (exact) mass is 365 g/mol.